The van der Waals surface area contributed by atoms with E-state index in [1.54, 1.807) is 48.5 Å². The second-order valence-corrected chi connectivity index (χ2v) is 8.26. The zero-order chi connectivity index (χ0) is 20.3. The number of nitrogens with zero attached hydrogens (tertiary/aromatic N) is 1. The number of thioether (sulfide) groups is 1. The van der Waals surface area contributed by atoms with E-state index in [-0.39, 0.29) is 10.9 Å². The monoisotopic (exact) mass is 452 g/mol. The van der Waals surface area contributed by atoms with Crippen LogP contribution in [0.15, 0.2) is 47.4 Å². The van der Waals surface area contributed by atoms with Gasteiger partial charge in [0.1, 0.15) is 16.7 Å². The zero-order valence-electron chi connectivity index (χ0n) is 14.2. The Kier molecular flexibility index (Phi) is 6.61. The molecule has 0 aromatic heterocycles. The molecule has 0 unspecified atom stereocenters. The minimum atomic E-state index is -1.37. The highest BCUT2D eigenvalue weighted by atomic mass is 35.5. The van der Waals surface area contributed by atoms with E-state index in [2.05, 4.69) is 0 Å². The van der Waals surface area contributed by atoms with Crippen molar-refractivity contribution in [2.45, 2.75) is 6.61 Å². The highest BCUT2D eigenvalue weighted by molar-refractivity contribution is 8.26. The van der Waals surface area contributed by atoms with Gasteiger partial charge >= 0.3 is 0 Å². The summed E-state index contributed by atoms with van der Waals surface area (Å²) in [6, 6.07) is 12.3. The Balaban J connectivity index is 1.73. The molecule has 144 valence electrons. The third kappa shape index (κ3) is 5.05. The van der Waals surface area contributed by atoms with Gasteiger partial charge in [-0.1, -0.05) is 65.4 Å². The number of halogens is 2. The smallest absolute Gasteiger partial charge is 0.266 e. The SMILES string of the molecule is O=C([O-])CN1C(=O)/C(=C/c2cccc(OCc3ccc(Cl)cc3Cl)c2)SC1=S. The van der Waals surface area contributed by atoms with Gasteiger partial charge < -0.3 is 14.6 Å². The molecular weight excluding hydrogens is 441 g/mol. The Morgan fingerprint density at radius 2 is 2.04 bits per heavy atom. The molecule has 9 heteroatoms. The minimum Gasteiger partial charge on any atom is -0.548 e. The summed E-state index contributed by atoms with van der Waals surface area (Å²) in [4.78, 5) is 24.4. The third-order valence-corrected chi connectivity index (χ3v) is 5.69. The van der Waals surface area contributed by atoms with Crippen LogP contribution >= 0.6 is 47.2 Å². The first-order chi connectivity index (χ1) is 13.3. The van der Waals surface area contributed by atoms with Crippen molar-refractivity contribution in [1.29, 1.82) is 0 Å². The number of carboxylic acids is 1. The lowest BCUT2D eigenvalue weighted by molar-refractivity contribution is -0.305. The molecule has 0 atom stereocenters. The number of benzene rings is 2. The Bertz CT molecular complexity index is 994. The zero-order valence-corrected chi connectivity index (χ0v) is 17.3. The van der Waals surface area contributed by atoms with Crippen molar-refractivity contribution in [2.24, 2.45) is 0 Å². The van der Waals surface area contributed by atoms with Crippen LogP contribution in [0.3, 0.4) is 0 Å². The number of carbonyl (C=O) groups excluding carboxylic acids is 2. The summed E-state index contributed by atoms with van der Waals surface area (Å²) < 4.78 is 5.95. The summed E-state index contributed by atoms with van der Waals surface area (Å²) in [5.74, 6) is -1.24. The van der Waals surface area contributed by atoms with E-state index in [0.29, 0.717) is 26.3 Å². The van der Waals surface area contributed by atoms with Crippen molar-refractivity contribution in [2.75, 3.05) is 6.54 Å². The molecule has 1 aliphatic heterocycles. The summed E-state index contributed by atoms with van der Waals surface area (Å²) >= 11 is 18.1. The molecule has 0 bridgehead atoms. The van der Waals surface area contributed by atoms with Crippen molar-refractivity contribution in [3.63, 3.8) is 0 Å². The summed E-state index contributed by atoms with van der Waals surface area (Å²) in [6.45, 7) is -0.305. The summed E-state index contributed by atoms with van der Waals surface area (Å²) in [5.41, 5.74) is 1.51. The highest BCUT2D eigenvalue weighted by Crippen LogP contribution is 2.32. The van der Waals surface area contributed by atoms with Gasteiger partial charge in [-0.25, -0.2) is 0 Å². The molecule has 2 aromatic carbocycles. The molecule has 1 saturated heterocycles. The predicted octanol–water partition coefficient (Wildman–Crippen LogP) is 3.52. The molecule has 5 nitrogen and oxygen atoms in total. The van der Waals surface area contributed by atoms with Gasteiger partial charge in [-0.05, 0) is 35.9 Å². The van der Waals surface area contributed by atoms with Gasteiger partial charge in [0.15, 0.2) is 0 Å². The number of hydrogen-bond acceptors (Lipinski definition) is 6. The summed E-state index contributed by atoms with van der Waals surface area (Å²) in [6.07, 6.45) is 1.64. The van der Waals surface area contributed by atoms with Gasteiger partial charge in [0.05, 0.1) is 17.4 Å². The maximum absolute atomic E-state index is 12.3. The van der Waals surface area contributed by atoms with Gasteiger partial charge in [0.2, 0.25) is 0 Å². The number of aliphatic carboxylic acids is 1. The molecule has 0 saturated carbocycles. The fraction of sp³-hybridized carbons (Fsp3) is 0.105. The molecule has 1 aliphatic rings. The Hall–Kier alpha value is -2.06. The van der Waals surface area contributed by atoms with Crippen molar-refractivity contribution in [3.05, 3.63) is 68.5 Å². The first-order valence-electron chi connectivity index (χ1n) is 7.95. The number of carbonyl (C=O) groups is 2. The van der Waals surface area contributed by atoms with E-state index in [1.807, 2.05) is 0 Å². The van der Waals surface area contributed by atoms with Gasteiger partial charge in [-0.2, -0.15) is 0 Å². The quantitative estimate of drug-likeness (QED) is 0.493. The average Bonchev–Trinajstić information content (AvgIpc) is 2.88. The van der Waals surface area contributed by atoms with Gasteiger partial charge in [0.25, 0.3) is 5.91 Å². The molecule has 0 radical (unpaired) electrons. The molecule has 2 aromatic rings. The number of carboxylic acid groups (broad SMARTS) is 1. The van der Waals surface area contributed by atoms with Gasteiger partial charge in [0, 0.05) is 15.6 Å². The van der Waals surface area contributed by atoms with E-state index in [1.165, 1.54) is 0 Å². The van der Waals surface area contributed by atoms with Crippen LogP contribution in [-0.2, 0) is 16.2 Å². The lowest BCUT2D eigenvalue weighted by Gasteiger charge is -2.14. The first-order valence-corrected chi connectivity index (χ1v) is 9.93. The Labute approximate surface area is 180 Å². The molecule has 28 heavy (non-hydrogen) atoms. The maximum atomic E-state index is 12.3. The van der Waals surface area contributed by atoms with Crippen LogP contribution < -0.4 is 9.84 Å². The number of rotatable bonds is 6. The van der Waals surface area contributed by atoms with Crippen LogP contribution in [-0.4, -0.2) is 27.6 Å². The van der Waals surface area contributed by atoms with Gasteiger partial charge in [-0.15, -0.1) is 0 Å². The van der Waals surface area contributed by atoms with E-state index >= 15 is 0 Å². The van der Waals surface area contributed by atoms with Crippen molar-refractivity contribution in [1.82, 2.24) is 4.90 Å². The molecule has 0 N–H and O–H groups in total. The average molecular weight is 453 g/mol. The van der Waals surface area contributed by atoms with Crippen molar-refractivity contribution >= 4 is 69.5 Å². The van der Waals surface area contributed by atoms with E-state index in [9.17, 15) is 14.7 Å². The Morgan fingerprint density at radius 1 is 1.25 bits per heavy atom. The fourth-order valence-corrected chi connectivity index (χ4v) is 4.13. The molecule has 3 rings (SSSR count). The molecule has 1 heterocycles. The van der Waals surface area contributed by atoms with E-state index < -0.39 is 18.4 Å². The van der Waals surface area contributed by atoms with Crippen molar-refractivity contribution in [3.8, 4) is 5.75 Å². The first kappa shape index (κ1) is 20.7. The minimum absolute atomic E-state index is 0.185. The molecule has 0 aliphatic carbocycles. The van der Waals surface area contributed by atoms with Crippen LogP contribution in [0.2, 0.25) is 10.0 Å². The normalized spacial score (nSPS) is 15.4. The molecule has 0 spiro atoms. The largest absolute Gasteiger partial charge is 0.548 e. The third-order valence-electron chi connectivity index (χ3n) is 3.73. The van der Waals surface area contributed by atoms with Crippen LogP contribution in [0.5, 0.6) is 5.75 Å². The second kappa shape index (κ2) is 8.96. The lowest BCUT2D eigenvalue weighted by atomic mass is 10.2. The Morgan fingerprint density at radius 3 is 2.75 bits per heavy atom. The van der Waals surface area contributed by atoms with Crippen LogP contribution in [0, 0.1) is 0 Å². The number of amides is 1. The predicted molar refractivity (Wildman–Crippen MR) is 112 cm³/mol. The van der Waals surface area contributed by atoms with Crippen LogP contribution in [0.1, 0.15) is 11.1 Å². The topological polar surface area (TPSA) is 69.7 Å². The summed E-state index contributed by atoms with van der Waals surface area (Å²) in [5, 5.41) is 11.8. The highest BCUT2D eigenvalue weighted by Gasteiger charge is 2.31. The lowest BCUT2D eigenvalue weighted by Crippen LogP contribution is -2.40. The molecular formula is C19H12Cl2NO4S2-. The molecule has 1 amide bonds. The molecule has 1 fully saturated rings. The number of ether oxygens (including phenoxy) is 1. The second-order valence-electron chi connectivity index (χ2n) is 5.74. The standard InChI is InChI=1S/C19H13Cl2NO4S2/c20-13-5-4-12(15(21)8-13)10-26-14-3-1-2-11(6-14)7-16-18(25)22(9-17(23)24)19(27)28-16/h1-8H,9-10H2,(H,23,24)/p-1/b16-7-. The number of thiocarbonyl (C=S) groups is 1. The van der Waals surface area contributed by atoms with Crippen LogP contribution in [0.4, 0.5) is 0 Å². The summed E-state index contributed by atoms with van der Waals surface area (Å²) in [7, 11) is 0. The van der Waals surface area contributed by atoms with Crippen molar-refractivity contribution < 1.29 is 19.4 Å². The number of hydrogen-bond donors (Lipinski definition) is 0. The van der Waals surface area contributed by atoms with Gasteiger partial charge in [-0.3, -0.25) is 9.69 Å². The van der Waals surface area contributed by atoms with E-state index in [4.69, 9.17) is 40.2 Å². The van der Waals surface area contributed by atoms with E-state index in [0.717, 1.165) is 22.2 Å². The fourth-order valence-electron chi connectivity index (χ4n) is 2.41. The van der Waals surface area contributed by atoms with Crippen LogP contribution in [0.25, 0.3) is 6.08 Å². The maximum Gasteiger partial charge on any atom is 0.266 e.